The fraction of sp³-hybridized carbons (Fsp3) is 0.0714. The quantitative estimate of drug-likeness (QED) is 0.897. The molecule has 2 rings (SSSR count). The number of nitriles is 1. The van der Waals surface area contributed by atoms with Gasteiger partial charge in [-0.2, -0.15) is 5.26 Å². The van der Waals surface area contributed by atoms with Crippen LogP contribution in [0.1, 0.15) is 11.1 Å². The van der Waals surface area contributed by atoms with Gasteiger partial charge in [0.2, 0.25) is 0 Å². The SMILES string of the molecule is N#Cc1cc(Br)cc(NCc2ccc(Cl)cc2)c1. The number of hydrogen-bond acceptors (Lipinski definition) is 2. The second kappa shape index (κ2) is 5.90. The van der Waals surface area contributed by atoms with Crippen molar-refractivity contribution in [1.29, 1.82) is 5.26 Å². The summed E-state index contributed by atoms with van der Waals surface area (Å²) in [6.45, 7) is 0.693. The molecule has 0 aliphatic carbocycles. The molecule has 2 nitrogen and oxygen atoms in total. The van der Waals surface area contributed by atoms with Gasteiger partial charge in [0.25, 0.3) is 0 Å². The van der Waals surface area contributed by atoms with E-state index in [1.807, 2.05) is 36.4 Å². The minimum Gasteiger partial charge on any atom is -0.381 e. The van der Waals surface area contributed by atoms with E-state index in [9.17, 15) is 0 Å². The van der Waals surface area contributed by atoms with E-state index in [2.05, 4.69) is 27.3 Å². The lowest BCUT2D eigenvalue weighted by Gasteiger charge is -2.07. The average molecular weight is 322 g/mol. The van der Waals surface area contributed by atoms with Crippen LogP contribution in [-0.2, 0) is 6.54 Å². The first-order chi connectivity index (χ1) is 8.67. The molecular weight excluding hydrogens is 312 g/mol. The third-order valence-electron chi connectivity index (χ3n) is 2.44. The molecule has 0 heterocycles. The smallest absolute Gasteiger partial charge is 0.0992 e. The van der Waals surface area contributed by atoms with Crippen LogP contribution in [0.25, 0.3) is 0 Å². The van der Waals surface area contributed by atoms with E-state index in [0.29, 0.717) is 12.1 Å². The van der Waals surface area contributed by atoms with Crippen molar-refractivity contribution < 1.29 is 0 Å². The summed E-state index contributed by atoms with van der Waals surface area (Å²) < 4.78 is 0.889. The molecular formula is C14H10BrClN2. The summed E-state index contributed by atoms with van der Waals surface area (Å²) in [7, 11) is 0. The van der Waals surface area contributed by atoms with E-state index in [-0.39, 0.29) is 0 Å². The minimum absolute atomic E-state index is 0.628. The molecule has 0 bridgehead atoms. The molecule has 0 unspecified atom stereocenters. The monoisotopic (exact) mass is 320 g/mol. The van der Waals surface area contributed by atoms with E-state index in [1.165, 1.54) is 0 Å². The van der Waals surface area contributed by atoms with Crippen LogP contribution in [0.4, 0.5) is 5.69 Å². The molecule has 0 aromatic heterocycles. The molecule has 2 aromatic rings. The van der Waals surface area contributed by atoms with E-state index >= 15 is 0 Å². The normalized spacial score (nSPS) is 9.83. The number of rotatable bonds is 3. The van der Waals surface area contributed by atoms with Gasteiger partial charge in [-0.1, -0.05) is 39.7 Å². The lowest BCUT2D eigenvalue weighted by Crippen LogP contribution is -1.99. The molecule has 0 aliphatic heterocycles. The van der Waals surface area contributed by atoms with Gasteiger partial charge in [0.15, 0.2) is 0 Å². The number of anilines is 1. The third kappa shape index (κ3) is 3.49. The van der Waals surface area contributed by atoms with Gasteiger partial charge in [-0.15, -0.1) is 0 Å². The van der Waals surface area contributed by atoms with Gasteiger partial charge in [-0.25, -0.2) is 0 Å². The van der Waals surface area contributed by atoms with E-state index in [4.69, 9.17) is 16.9 Å². The fourth-order valence-corrected chi connectivity index (χ4v) is 2.18. The molecule has 2 aromatic carbocycles. The van der Waals surface area contributed by atoms with Crippen LogP contribution in [0.15, 0.2) is 46.9 Å². The highest BCUT2D eigenvalue weighted by atomic mass is 79.9. The van der Waals surface area contributed by atoms with Crippen molar-refractivity contribution in [3.63, 3.8) is 0 Å². The van der Waals surface area contributed by atoms with Gasteiger partial charge in [-0.05, 0) is 35.9 Å². The van der Waals surface area contributed by atoms with Crippen molar-refractivity contribution in [2.75, 3.05) is 5.32 Å². The van der Waals surface area contributed by atoms with Crippen LogP contribution < -0.4 is 5.32 Å². The average Bonchev–Trinajstić information content (AvgIpc) is 2.37. The molecule has 1 N–H and O–H groups in total. The number of nitrogens with one attached hydrogen (secondary N) is 1. The summed E-state index contributed by atoms with van der Waals surface area (Å²) >= 11 is 9.21. The summed E-state index contributed by atoms with van der Waals surface area (Å²) in [5.74, 6) is 0. The molecule has 0 fully saturated rings. The Bertz CT molecular complexity index is 588. The molecule has 90 valence electrons. The molecule has 0 radical (unpaired) electrons. The second-order valence-corrected chi connectivity index (χ2v) is 5.17. The van der Waals surface area contributed by atoms with Crippen LogP contribution in [-0.4, -0.2) is 0 Å². The van der Waals surface area contributed by atoms with Gasteiger partial charge >= 0.3 is 0 Å². The predicted octanol–water partition coefficient (Wildman–Crippen LogP) is 4.59. The van der Waals surface area contributed by atoms with Crippen molar-refractivity contribution in [3.8, 4) is 6.07 Å². The topological polar surface area (TPSA) is 35.8 Å². The van der Waals surface area contributed by atoms with Crippen molar-refractivity contribution in [2.24, 2.45) is 0 Å². The van der Waals surface area contributed by atoms with Crippen molar-refractivity contribution in [1.82, 2.24) is 0 Å². The Morgan fingerprint density at radius 3 is 2.56 bits per heavy atom. The number of hydrogen-bond donors (Lipinski definition) is 1. The number of benzene rings is 2. The summed E-state index contributed by atoms with van der Waals surface area (Å²) in [6.07, 6.45) is 0. The summed E-state index contributed by atoms with van der Waals surface area (Å²) in [5, 5.41) is 12.9. The molecule has 18 heavy (non-hydrogen) atoms. The first kappa shape index (κ1) is 12.9. The molecule has 0 saturated heterocycles. The van der Waals surface area contributed by atoms with Crippen LogP contribution in [0.2, 0.25) is 5.02 Å². The Labute approximate surface area is 119 Å². The first-order valence-corrected chi connectivity index (χ1v) is 6.53. The molecule has 0 saturated carbocycles. The van der Waals surface area contributed by atoms with Crippen molar-refractivity contribution >= 4 is 33.2 Å². The Hall–Kier alpha value is -1.50. The van der Waals surface area contributed by atoms with E-state index in [1.54, 1.807) is 6.07 Å². The highest BCUT2D eigenvalue weighted by Crippen LogP contribution is 2.20. The predicted molar refractivity (Wildman–Crippen MR) is 77.6 cm³/mol. The number of halogens is 2. The van der Waals surface area contributed by atoms with Gasteiger partial charge < -0.3 is 5.32 Å². The van der Waals surface area contributed by atoms with Gasteiger partial charge in [-0.3, -0.25) is 0 Å². The van der Waals surface area contributed by atoms with Crippen molar-refractivity contribution in [3.05, 3.63) is 63.1 Å². The second-order valence-electron chi connectivity index (χ2n) is 3.82. The van der Waals surface area contributed by atoms with Crippen LogP contribution in [0, 0.1) is 11.3 Å². The molecule has 0 aliphatic rings. The lowest BCUT2D eigenvalue weighted by atomic mass is 10.2. The summed E-state index contributed by atoms with van der Waals surface area (Å²) in [4.78, 5) is 0. The summed E-state index contributed by atoms with van der Waals surface area (Å²) in [5.41, 5.74) is 2.68. The summed E-state index contributed by atoms with van der Waals surface area (Å²) in [6, 6.07) is 15.3. The fourth-order valence-electron chi connectivity index (χ4n) is 1.56. The van der Waals surface area contributed by atoms with Crippen LogP contribution >= 0.6 is 27.5 Å². The van der Waals surface area contributed by atoms with Gasteiger partial charge in [0, 0.05) is 21.7 Å². The number of nitrogens with zero attached hydrogens (tertiary/aromatic N) is 1. The molecule has 4 heteroatoms. The molecule has 0 amide bonds. The van der Waals surface area contributed by atoms with Crippen LogP contribution in [0.5, 0.6) is 0 Å². The lowest BCUT2D eigenvalue weighted by molar-refractivity contribution is 1.15. The van der Waals surface area contributed by atoms with Crippen molar-refractivity contribution in [2.45, 2.75) is 6.54 Å². The Balaban J connectivity index is 2.08. The highest BCUT2D eigenvalue weighted by Gasteiger charge is 1.99. The maximum atomic E-state index is 8.89. The zero-order valence-corrected chi connectivity index (χ0v) is 11.8. The first-order valence-electron chi connectivity index (χ1n) is 5.36. The largest absolute Gasteiger partial charge is 0.381 e. The Morgan fingerprint density at radius 2 is 1.89 bits per heavy atom. The van der Waals surface area contributed by atoms with Gasteiger partial charge in [0.05, 0.1) is 11.6 Å². The van der Waals surface area contributed by atoms with E-state index < -0.39 is 0 Å². The highest BCUT2D eigenvalue weighted by molar-refractivity contribution is 9.10. The minimum atomic E-state index is 0.628. The van der Waals surface area contributed by atoms with Gasteiger partial charge in [0.1, 0.15) is 0 Å². The molecule has 0 spiro atoms. The zero-order valence-electron chi connectivity index (χ0n) is 9.45. The maximum absolute atomic E-state index is 8.89. The Kier molecular flexibility index (Phi) is 4.24. The maximum Gasteiger partial charge on any atom is 0.0992 e. The van der Waals surface area contributed by atoms with Crippen LogP contribution in [0.3, 0.4) is 0 Å². The van der Waals surface area contributed by atoms with E-state index in [0.717, 1.165) is 20.7 Å². The zero-order chi connectivity index (χ0) is 13.0. The standard InChI is InChI=1S/C14H10BrClN2/c15-12-5-11(8-17)6-14(7-12)18-9-10-1-3-13(16)4-2-10/h1-7,18H,9H2. The Morgan fingerprint density at radius 1 is 1.17 bits per heavy atom. The molecule has 0 atom stereocenters. The third-order valence-corrected chi connectivity index (χ3v) is 3.15.